The van der Waals surface area contributed by atoms with Crippen molar-refractivity contribution in [2.45, 2.75) is 259 Å². The quantitative estimate of drug-likeness (QED) is 0.0643. The number of fused-ring (bicyclic) bond motifs is 7. The number of hydrogen-bond donors (Lipinski definition) is 18. The van der Waals surface area contributed by atoms with E-state index >= 15 is 0 Å². The fraction of sp³-hybridized carbons (Fsp3) is 0.966. The Balaban J connectivity index is 0.812. The molecule has 0 spiro atoms. The van der Waals surface area contributed by atoms with E-state index in [1.54, 1.807) is 0 Å². The molecule has 5 aliphatic carbocycles. The predicted molar refractivity (Wildman–Crippen MR) is 292 cm³/mol. The van der Waals surface area contributed by atoms with E-state index in [2.05, 4.69) is 40.7 Å². The molecule has 5 aliphatic heterocycles. The molecule has 5 heterocycles. The summed E-state index contributed by atoms with van der Waals surface area (Å²) in [6.07, 6.45) is -32.7. The second-order valence-electron chi connectivity index (χ2n) is 28.8. The highest BCUT2D eigenvalue weighted by Crippen LogP contribution is 2.76. The van der Waals surface area contributed by atoms with E-state index in [9.17, 15) is 91.9 Å². The highest BCUT2D eigenvalue weighted by molar-refractivity contribution is 5.35. The lowest BCUT2D eigenvalue weighted by Gasteiger charge is -2.72. The molecular weight excluding hydrogens is 1160 g/mol. The summed E-state index contributed by atoms with van der Waals surface area (Å²) in [6.45, 7) is 10.3. The van der Waals surface area contributed by atoms with E-state index in [1.165, 1.54) is 5.57 Å². The molecular formula is C59H98O28. The zero-order valence-electron chi connectivity index (χ0n) is 50.3. The number of hydrogen-bond acceptors (Lipinski definition) is 28. The van der Waals surface area contributed by atoms with Gasteiger partial charge in [-0.15, -0.1) is 0 Å². The SMILES string of the molecule is CC1(C)CC[C@@]2(CO[C@@H]3O[C@H](CO[C@@H]4O[C@H](CO)[C@@H](O)[C@H](O)[C@H]4O)[C@@H](O)[C@H](O)[C@H]3O)C(C1)C1=CCC3[C@@]4(C)CC[C@H](O)[C@@](C)(CO[C@@H]5O[C@H](CO[C@@H]6O[C@H](CO[C@@H]7OC[C@@H](O)[C@H](O)[C@H]7O)[C@@H](O)[C@H](O)[C@H]6O)[C@@H](O)[C@H](O)[C@H]5O)C4CC[C@@]3(C)[C@]1(C)C[C@@H]2O. The lowest BCUT2D eigenvalue weighted by Crippen LogP contribution is -2.68. The summed E-state index contributed by atoms with van der Waals surface area (Å²) in [4.78, 5) is 0. The van der Waals surface area contributed by atoms with Gasteiger partial charge in [-0.2, -0.15) is 0 Å². The van der Waals surface area contributed by atoms with E-state index in [4.69, 9.17) is 47.4 Å². The first-order valence-corrected chi connectivity index (χ1v) is 31.0. The lowest BCUT2D eigenvalue weighted by molar-refractivity contribution is -0.342. The first-order chi connectivity index (χ1) is 40.8. The maximum Gasteiger partial charge on any atom is 0.186 e. The summed E-state index contributed by atoms with van der Waals surface area (Å²) >= 11 is 0. The van der Waals surface area contributed by atoms with Gasteiger partial charge in [-0.05, 0) is 97.2 Å². The summed E-state index contributed by atoms with van der Waals surface area (Å²) in [5.41, 5.74) is -2.04. The van der Waals surface area contributed by atoms with Gasteiger partial charge < -0.3 is 139 Å². The summed E-state index contributed by atoms with van der Waals surface area (Å²) in [5.74, 6) is -0.296. The van der Waals surface area contributed by atoms with Crippen molar-refractivity contribution in [3.05, 3.63) is 11.6 Å². The molecule has 10 rings (SSSR count). The van der Waals surface area contributed by atoms with Crippen LogP contribution >= 0.6 is 0 Å². The third kappa shape index (κ3) is 12.0. The van der Waals surface area contributed by atoms with Crippen molar-refractivity contribution in [2.75, 3.05) is 46.2 Å². The molecule has 502 valence electrons. The third-order valence-corrected chi connectivity index (χ3v) is 23.3. The molecule has 34 atom stereocenters. The van der Waals surface area contributed by atoms with E-state index < -0.39 is 208 Å². The van der Waals surface area contributed by atoms with Crippen LogP contribution in [0.1, 0.15) is 99.3 Å². The maximum absolute atomic E-state index is 12.9. The van der Waals surface area contributed by atoms with E-state index in [-0.39, 0.29) is 48.4 Å². The van der Waals surface area contributed by atoms with Crippen LogP contribution in [0, 0.1) is 50.2 Å². The first kappa shape index (κ1) is 68.5. The van der Waals surface area contributed by atoms with Crippen LogP contribution in [0.2, 0.25) is 0 Å². The van der Waals surface area contributed by atoms with Crippen molar-refractivity contribution < 1.29 is 139 Å². The van der Waals surface area contributed by atoms with Gasteiger partial charge in [0, 0.05) is 10.8 Å². The Bertz CT molecular complexity index is 2360. The number of aliphatic hydroxyl groups excluding tert-OH is 18. The van der Waals surface area contributed by atoms with Crippen LogP contribution in [-0.4, -0.2) is 298 Å². The molecule has 0 aromatic heterocycles. The van der Waals surface area contributed by atoms with Crippen molar-refractivity contribution in [1.82, 2.24) is 0 Å². The van der Waals surface area contributed by atoms with Crippen molar-refractivity contribution in [3.8, 4) is 0 Å². The Morgan fingerprint density at radius 1 is 0.448 bits per heavy atom. The number of rotatable bonds is 16. The molecule has 0 aromatic carbocycles. The Morgan fingerprint density at radius 3 is 1.43 bits per heavy atom. The van der Waals surface area contributed by atoms with Gasteiger partial charge in [0.1, 0.15) is 116 Å². The van der Waals surface area contributed by atoms with Crippen LogP contribution in [0.3, 0.4) is 0 Å². The number of ether oxygens (including phenoxy) is 10. The summed E-state index contributed by atoms with van der Waals surface area (Å²) < 4.78 is 58.4. The van der Waals surface area contributed by atoms with Crippen LogP contribution in [0.15, 0.2) is 11.6 Å². The fourth-order valence-electron chi connectivity index (χ4n) is 17.5. The molecule has 28 nitrogen and oxygen atoms in total. The maximum atomic E-state index is 12.9. The number of allylic oxidation sites excluding steroid dienone is 2. The van der Waals surface area contributed by atoms with Crippen molar-refractivity contribution in [2.24, 2.45) is 50.2 Å². The summed E-state index contributed by atoms with van der Waals surface area (Å²) in [6, 6.07) is 0. The Labute approximate surface area is 505 Å². The van der Waals surface area contributed by atoms with Gasteiger partial charge in [0.2, 0.25) is 0 Å². The first-order valence-electron chi connectivity index (χ1n) is 31.0. The molecule has 0 aromatic rings. The minimum Gasteiger partial charge on any atom is -0.394 e. The molecule has 5 saturated heterocycles. The average molecular weight is 1260 g/mol. The standard InChI is InChI=1S/C59H98O28/c1-54(2)13-14-59(23-83-53-48(77)43(72)39(68)30(87-53)20-80-50-45(74)40(69)36(65)27(17-60)84-50)25(15-54)24-7-8-32-55(3)11-10-33(62)56(4,31(55)9-12-57(32,5)58(24,6)16-34(59)63)22-82-52-47(76)42(71)38(67)29(86-52)21-81-51-46(75)41(70)37(66)28(85-51)19-79-49-44(73)35(64)26(61)18-78-49/h7,25-53,60-77H,8-23H2,1-6H3/t25?,26-,27-,28-,29-,30-,31?,32?,33+,34+,35+,36-,37-,38-,39-,40+,41+,42+,43+,44-,45-,46-,47-,48-,49+,50-,51-,52-,53-,55+,56+,57-,58-,59-/m1/s1. The number of aliphatic hydroxyl groups is 18. The van der Waals surface area contributed by atoms with Gasteiger partial charge in [0.25, 0.3) is 0 Å². The molecule has 28 heteroatoms. The van der Waals surface area contributed by atoms with Crippen molar-refractivity contribution in [3.63, 3.8) is 0 Å². The van der Waals surface area contributed by atoms with E-state index in [0.717, 1.165) is 6.42 Å². The zero-order chi connectivity index (χ0) is 63.4. The lowest BCUT2D eigenvalue weighted by atomic mass is 9.33. The molecule has 87 heavy (non-hydrogen) atoms. The van der Waals surface area contributed by atoms with Crippen molar-refractivity contribution >= 4 is 0 Å². The molecule has 3 unspecified atom stereocenters. The minimum atomic E-state index is -1.84. The Morgan fingerprint density at radius 2 is 0.908 bits per heavy atom. The minimum absolute atomic E-state index is 0.0463. The van der Waals surface area contributed by atoms with Crippen LogP contribution in [0.25, 0.3) is 0 Å². The monoisotopic (exact) mass is 1250 g/mol. The highest BCUT2D eigenvalue weighted by Gasteiger charge is 2.71. The van der Waals surface area contributed by atoms with Gasteiger partial charge in [-0.3, -0.25) is 0 Å². The molecule has 9 fully saturated rings. The smallest absolute Gasteiger partial charge is 0.186 e. The molecule has 0 bridgehead atoms. The molecule has 0 radical (unpaired) electrons. The summed E-state index contributed by atoms with van der Waals surface area (Å²) in [5, 5.41) is 195. The van der Waals surface area contributed by atoms with Crippen LogP contribution in [-0.2, 0) is 47.4 Å². The predicted octanol–water partition coefficient (Wildman–Crippen LogP) is -5.16. The van der Waals surface area contributed by atoms with E-state index in [0.29, 0.717) is 51.4 Å². The Kier molecular flexibility index (Phi) is 20.3. The van der Waals surface area contributed by atoms with Crippen LogP contribution < -0.4 is 0 Å². The molecule has 0 amide bonds. The fourth-order valence-corrected chi connectivity index (χ4v) is 17.5. The van der Waals surface area contributed by atoms with Crippen LogP contribution in [0.4, 0.5) is 0 Å². The van der Waals surface area contributed by atoms with Gasteiger partial charge in [-0.25, -0.2) is 0 Å². The van der Waals surface area contributed by atoms with Crippen molar-refractivity contribution in [1.29, 1.82) is 0 Å². The molecule has 4 saturated carbocycles. The largest absolute Gasteiger partial charge is 0.394 e. The topological polar surface area (TPSA) is 456 Å². The average Bonchev–Trinajstić information content (AvgIpc) is 0.678. The normalized spacial score (nSPS) is 55.2. The van der Waals surface area contributed by atoms with Crippen LogP contribution in [0.5, 0.6) is 0 Å². The molecule has 18 N–H and O–H groups in total. The Hall–Kier alpha value is -1.38. The molecule has 10 aliphatic rings. The summed E-state index contributed by atoms with van der Waals surface area (Å²) in [7, 11) is 0. The van der Waals surface area contributed by atoms with Gasteiger partial charge in [0.15, 0.2) is 31.5 Å². The third-order valence-electron chi connectivity index (χ3n) is 23.3. The van der Waals surface area contributed by atoms with Gasteiger partial charge >= 0.3 is 0 Å². The van der Waals surface area contributed by atoms with Gasteiger partial charge in [0.05, 0.1) is 58.5 Å². The second kappa shape index (κ2) is 25.7. The highest BCUT2D eigenvalue weighted by atomic mass is 16.8. The second-order valence-corrected chi connectivity index (χ2v) is 28.8. The zero-order valence-corrected chi connectivity index (χ0v) is 50.3. The van der Waals surface area contributed by atoms with Gasteiger partial charge in [-0.1, -0.05) is 53.2 Å². The van der Waals surface area contributed by atoms with E-state index in [1.807, 2.05) is 6.92 Å².